The molecule has 14 nitrogen and oxygen atoms in total. The van der Waals surface area contributed by atoms with E-state index in [2.05, 4.69) is 6.92 Å². The maximum atomic E-state index is 13.4. The zero-order valence-corrected chi connectivity index (χ0v) is 33.8. The summed E-state index contributed by atoms with van der Waals surface area (Å²) in [6.07, 6.45) is 10.2. The van der Waals surface area contributed by atoms with Gasteiger partial charge < -0.3 is 60.3 Å². The standard InChI is InChI=1S/C41H79NO13/c1-2-3-4-5-6-7-8-9-10-11-12-13-16-19-22-25-34(47)42(27-24-21-18-15-14-17-20-23-26-35(48)49)28-31(45)36(50)40(32(46)29-43)55-41-39(53)38(52)37(51)33(30-44)54-41/h31-33,36-41,43-46,50-53H,2-30H2,1H3,(H,48,49). The number of carboxylic acids is 1. The fraction of sp³-hybridized carbons (Fsp3) is 0.951. The molecule has 326 valence electrons. The molecule has 14 heteroatoms. The molecule has 1 amide bonds. The number of hydrogen-bond acceptors (Lipinski definition) is 12. The molecule has 1 fully saturated rings. The lowest BCUT2D eigenvalue weighted by Gasteiger charge is -2.42. The summed E-state index contributed by atoms with van der Waals surface area (Å²) in [5.41, 5.74) is 0. The number of rotatable bonds is 36. The Morgan fingerprint density at radius 2 is 1.07 bits per heavy atom. The Morgan fingerprint density at radius 1 is 0.618 bits per heavy atom. The molecular formula is C41H79NO13. The molecule has 0 aromatic rings. The first-order chi connectivity index (χ1) is 26.5. The number of hydrogen-bond donors (Lipinski definition) is 9. The van der Waals surface area contributed by atoms with Gasteiger partial charge in [-0.3, -0.25) is 9.59 Å². The summed E-state index contributed by atoms with van der Waals surface area (Å²) in [5, 5.41) is 91.4. The van der Waals surface area contributed by atoms with Crippen LogP contribution in [0, 0.1) is 0 Å². The Morgan fingerprint density at radius 3 is 1.53 bits per heavy atom. The molecule has 1 heterocycles. The van der Waals surface area contributed by atoms with E-state index in [1.165, 1.54) is 75.5 Å². The van der Waals surface area contributed by atoms with Crippen LogP contribution in [-0.4, -0.2) is 144 Å². The summed E-state index contributed by atoms with van der Waals surface area (Å²) in [5.74, 6) is -0.953. The summed E-state index contributed by atoms with van der Waals surface area (Å²) in [7, 11) is 0. The van der Waals surface area contributed by atoms with E-state index in [0.29, 0.717) is 25.8 Å². The fourth-order valence-electron chi connectivity index (χ4n) is 7.15. The van der Waals surface area contributed by atoms with Crippen molar-refractivity contribution in [2.75, 3.05) is 26.3 Å². The molecule has 9 unspecified atom stereocenters. The minimum Gasteiger partial charge on any atom is -0.481 e. The molecule has 0 aliphatic carbocycles. The molecule has 1 aliphatic rings. The lowest BCUT2D eigenvalue weighted by Crippen LogP contribution is -2.61. The molecule has 9 atom stereocenters. The highest BCUT2D eigenvalue weighted by Crippen LogP contribution is 2.25. The van der Waals surface area contributed by atoms with E-state index < -0.39 is 74.3 Å². The minimum absolute atomic E-state index is 0.173. The van der Waals surface area contributed by atoms with E-state index in [1.54, 1.807) is 0 Å². The average Bonchev–Trinajstić information content (AvgIpc) is 3.17. The highest BCUT2D eigenvalue weighted by Gasteiger charge is 2.47. The number of aliphatic hydroxyl groups excluding tert-OH is 8. The van der Waals surface area contributed by atoms with Gasteiger partial charge in [0.1, 0.15) is 48.8 Å². The van der Waals surface area contributed by atoms with Gasteiger partial charge in [-0.1, -0.05) is 135 Å². The van der Waals surface area contributed by atoms with Crippen molar-refractivity contribution in [2.24, 2.45) is 0 Å². The fourth-order valence-corrected chi connectivity index (χ4v) is 7.15. The van der Waals surface area contributed by atoms with Gasteiger partial charge in [-0.2, -0.15) is 0 Å². The van der Waals surface area contributed by atoms with Crippen LogP contribution in [0.5, 0.6) is 0 Å². The van der Waals surface area contributed by atoms with Crippen molar-refractivity contribution in [2.45, 2.75) is 223 Å². The van der Waals surface area contributed by atoms with Crippen LogP contribution in [0.2, 0.25) is 0 Å². The summed E-state index contributed by atoms with van der Waals surface area (Å²) in [4.78, 5) is 25.6. The number of ether oxygens (including phenoxy) is 2. The Hall–Kier alpha value is -1.46. The Kier molecular flexibility index (Phi) is 30.5. The lowest BCUT2D eigenvalue weighted by molar-refractivity contribution is -0.327. The quantitative estimate of drug-likeness (QED) is 0.0410. The number of carboxylic acid groups (broad SMARTS) is 1. The van der Waals surface area contributed by atoms with Crippen LogP contribution in [0.25, 0.3) is 0 Å². The molecule has 55 heavy (non-hydrogen) atoms. The SMILES string of the molecule is CCCCCCCCCCCCCCCCCC(=O)N(CCCCCCCCCCC(=O)O)CC(O)C(O)C(OC1OC(CO)C(O)C(O)C1O)C(O)CO. The van der Waals surface area contributed by atoms with Gasteiger partial charge >= 0.3 is 5.97 Å². The number of unbranched alkanes of at least 4 members (excludes halogenated alkanes) is 21. The number of carbonyl (C=O) groups is 2. The number of aliphatic carboxylic acids is 1. The predicted octanol–water partition coefficient (Wildman–Crippen LogP) is 3.93. The normalized spacial score (nSPS) is 22.3. The Labute approximate surface area is 330 Å². The van der Waals surface area contributed by atoms with Gasteiger partial charge in [0.2, 0.25) is 5.91 Å². The van der Waals surface area contributed by atoms with Crippen molar-refractivity contribution in [1.29, 1.82) is 0 Å². The zero-order chi connectivity index (χ0) is 40.8. The van der Waals surface area contributed by atoms with E-state index >= 15 is 0 Å². The summed E-state index contributed by atoms with van der Waals surface area (Å²) in [6, 6.07) is 0. The first-order valence-electron chi connectivity index (χ1n) is 21.6. The predicted molar refractivity (Wildman–Crippen MR) is 209 cm³/mol. The van der Waals surface area contributed by atoms with Gasteiger partial charge in [0, 0.05) is 25.9 Å². The maximum Gasteiger partial charge on any atom is 0.303 e. The number of aliphatic hydroxyl groups is 8. The Bertz CT molecular complexity index is 944. The van der Waals surface area contributed by atoms with Crippen molar-refractivity contribution < 1.29 is 65.0 Å². The highest BCUT2D eigenvalue weighted by molar-refractivity contribution is 5.76. The van der Waals surface area contributed by atoms with E-state index in [4.69, 9.17) is 14.6 Å². The van der Waals surface area contributed by atoms with Gasteiger partial charge in [-0.25, -0.2) is 0 Å². The van der Waals surface area contributed by atoms with Crippen LogP contribution >= 0.6 is 0 Å². The van der Waals surface area contributed by atoms with Gasteiger partial charge in [-0.05, 0) is 19.3 Å². The molecular weight excluding hydrogens is 714 g/mol. The molecule has 0 aromatic carbocycles. The third-order valence-corrected chi connectivity index (χ3v) is 10.8. The van der Waals surface area contributed by atoms with Crippen molar-refractivity contribution in [3.05, 3.63) is 0 Å². The topological polar surface area (TPSA) is 238 Å². The smallest absolute Gasteiger partial charge is 0.303 e. The van der Waals surface area contributed by atoms with Crippen LogP contribution in [0.1, 0.15) is 167 Å². The third kappa shape index (κ3) is 22.9. The van der Waals surface area contributed by atoms with Gasteiger partial charge in [0.25, 0.3) is 0 Å². The van der Waals surface area contributed by atoms with E-state index in [0.717, 1.165) is 57.8 Å². The molecule has 0 saturated carbocycles. The van der Waals surface area contributed by atoms with Crippen molar-refractivity contribution in [1.82, 2.24) is 4.90 Å². The van der Waals surface area contributed by atoms with Crippen LogP contribution in [0.4, 0.5) is 0 Å². The van der Waals surface area contributed by atoms with Crippen LogP contribution in [-0.2, 0) is 19.1 Å². The second kappa shape index (κ2) is 32.5. The second-order valence-corrected chi connectivity index (χ2v) is 15.6. The molecule has 0 radical (unpaired) electrons. The van der Waals surface area contributed by atoms with E-state index in [9.17, 15) is 50.4 Å². The van der Waals surface area contributed by atoms with E-state index in [1.807, 2.05) is 0 Å². The second-order valence-electron chi connectivity index (χ2n) is 15.6. The monoisotopic (exact) mass is 794 g/mol. The van der Waals surface area contributed by atoms with Crippen molar-refractivity contribution in [3.63, 3.8) is 0 Å². The summed E-state index contributed by atoms with van der Waals surface area (Å²) >= 11 is 0. The molecule has 0 bridgehead atoms. The lowest BCUT2D eigenvalue weighted by atomic mass is 9.98. The molecule has 9 N–H and O–H groups in total. The molecule has 0 spiro atoms. The first-order valence-corrected chi connectivity index (χ1v) is 21.6. The highest BCUT2D eigenvalue weighted by atomic mass is 16.7. The van der Waals surface area contributed by atoms with Gasteiger partial charge in [-0.15, -0.1) is 0 Å². The maximum absolute atomic E-state index is 13.4. The van der Waals surface area contributed by atoms with Crippen LogP contribution in [0.15, 0.2) is 0 Å². The van der Waals surface area contributed by atoms with Crippen LogP contribution in [0.3, 0.4) is 0 Å². The van der Waals surface area contributed by atoms with E-state index in [-0.39, 0.29) is 25.3 Å². The number of nitrogens with zero attached hydrogens (tertiary/aromatic N) is 1. The average molecular weight is 794 g/mol. The van der Waals surface area contributed by atoms with Crippen LogP contribution < -0.4 is 0 Å². The van der Waals surface area contributed by atoms with Gasteiger partial charge in [0.05, 0.1) is 13.2 Å². The Balaban J connectivity index is 2.66. The summed E-state index contributed by atoms with van der Waals surface area (Å²) in [6.45, 7) is 0.666. The largest absolute Gasteiger partial charge is 0.481 e. The minimum atomic E-state index is -1.86. The third-order valence-electron chi connectivity index (χ3n) is 10.8. The molecule has 0 aromatic heterocycles. The van der Waals surface area contributed by atoms with Crippen molar-refractivity contribution >= 4 is 11.9 Å². The van der Waals surface area contributed by atoms with Crippen molar-refractivity contribution in [3.8, 4) is 0 Å². The molecule has 1 rings (SSSR count). The first kappa shape index (κ1) is 51.6. The number of amides is 1. The van der Waals surface area contributed by atoms with Gasteiger partial charge in [0.15, 0.2) is 6.29 Å². The number of carbonyl (C=O) groups excluding carboxylic acids is 1. The summed E-state index contributed by atoms with van der Waals surface area (Å²) < 4.78 is 10.9. The zero-order valence-electron chi connectivity index (χ0n) is 33.8. The molecule has 1 saturated heterocycles. The molecule has 1 aliphatic heterocycles.